The largest absolute Gasteiger partial charge is 0.494 e. The van der Waals surface area contributed by atoms with Crippen molar-refractivity contribution in [3.05, 3.63) is 78.9 Å². The first-order chi connectivity index (χ1) is 14.8. The van der Waals surface area contributed by atoms with Crippen LogP contribution < -0.4 is 5.46 Å². The highest BCUT2D eigenvalue weighted by atomic mass is 16.7. The quantitative estimate of drug-likeness (QED) is 0.315. The van der Waals surface area contributed by atoms with Crippen molar-refractivity contribution < 1.29 is 9.31 Å². The summed E-state index contributed by atoms with van der Waals surface area (Å²) < 4.78 is 12.4. The Morgan fingerprint density at radius 3 is 1.87 bits per heavy atom. The number of rotatable bonds is 2. The van der Waals surface area contributed by atoms with Crippen LogP contribution in [0.4, 0.5) is 0 Å². The number of hydrogen-bond donors (Lipinski definition) is 0. The molecule has 0 saturated carbocycles. The van der Waals surface area contributed by atoms with Crippen LogP contribution in [0.5, 0.6) is 0 Å². The van der Waals surface area contributed by atoms with Gasteiger partial charge in [-0.2, -0.15) is 0 Å². The summed E-state index contributed by atoms with van der Waals surface area (Å²) in [5, 5.41) is 2.65. The van der Waals surface area contributed by atoms with E-state index in [0.717, 1.165) is 5.46 Å². The summed E-state index contributed by atoms with van der Waals surface area (Å²) in [6, 6.07) is 28.6. The van der Waals surface area contributed by atoms with Crippen molar-refractivity contribution in [1.82, 2.24) is 0 Å². The molecule has 4 aromatic rings. The van der Waals surface area contributed by atoms with Crippen molar-refractivity contribution in [3.63, 3.8) is 0 Å². The van der Waals surface area contributed by atoms with Gasteiger partial charge in [0.05, 0.1) is 11.2 Å². The second-order valence-corrected chi connectivity index (χ2v) is 9.68. The molecule has 1 aliphatic carbocycles. The molecule has 3 heteroatoms. The maximum Gasteiger partial charge on any atom is 0.494 e. The highest BCUT2D eigenvalue weighted by Crippen LogP contribution is 2.48. The van der Waals surface area contributed by atoms with Gasteiger partial charge in [-0.3, -0.25) is 0 Å². The highest BCUT2D eigenvalue weighted by molar-refractivity contribution is 6.62. The summed E-state index contributed by atoms with van der Waals surface area (Å²) in [6.45, 7) is 8.36. The van der Waals surface area contributed by atoms with E-state index in [1.807, 2.05) is 0 Å². The second-order valence-electron chi connectivity index (χ2n) is 9.68. The van der Waals surface area contributed by atoms with Gasteiger partial charge >= 0.3 is 7.12 Å². The molecule has 0 atom stereocenters. The van der Waals surface area contributed by atoms with Crippen molar-refractivity contribution in [3.8, 4) is 33.4 Å². The minimum Gasteiger partial charge on any atom is -0.399 e. The zero-order chi connectivity index (χ0) is 21.4. The summed E-state index contributed by atoms with van der Waals surface area (Å²) in [5.74, 6) is 0. The SMILES string of the molecule is CC1(C)OB(c2ccc(-c3cc4c5c(cccc5c3)-c3ccccc3-4)cc2)OC1(C)C. The molecule has 1 heterocycles. The molecule has 0 amide bonds. The molecule has 2 nitrogen and oxygen atoms in total. The Balaban J connectivity index is 1.41. The molecule has 1 saturated heterocycles. The van der Waals surface area contributed by atoms with Crippen LogP contribution >= 0.6 is 0 Å². The van der Waals surface area contributed by atoms with Crippen molar-refractivity contribution in [1.29, 1.82) is 0 Å². The maximum absolute atomic E-state index is 6.21. The number of benzene rings is 4. The van der Waals surface area contributed by atoms with Crippen LogP contribution in [0.25, 0.3) is 44.2 Å². The van der Waals surface area contributed by atoms with Gasteiger partial charge in [0.1, 0.15) is 0 Å². The lowest BCUT2D eigenvalue weighted by atomic mass is 9.78. The minimum absolute atomic E-state index is 0.329. The Labute approximate surface area is 184 Å². The van der Waals surface area contributed by atoms with E-state index in [1.54, 1.807) is 0 Å². The van der Waals surface area contributed by atoms with E-state index >= 15 is 0 Å². The third kappa shape index (κ3) is 2.73. The van der Waals surface area contributed by atoms with Crippen LogP contribution in [-0.2, 0) is 9.31 Å². The third-order valence-corrected chi connectivity index (χ3v) is 7.25. The zero-order valence-corrected chi connectivity index (χ0v) is 18.4. The molecule has 6 rings (SSSR count). The fraction of sp³-hybridized carbons (Fsp3) is 0.214. The molecule has 1 aliphatic heterocycles. The van der Waals surface area contributed by atoms with Gasteiger partial charge < -0.3 is 9.31 Å². The summed E-state index contributed by atoms with van der Waals surface area (Å²) >= 11 is 0. The molecular weight excluding hydrogens is 379 g/mol. The van der Waals surface area contributed by atoms with Crippen LogP contribution in [0.15, 0.2) is 78.9 Å². The smallest absolute Gasteiger partial charge is 0.399 e. The van der Waals surface area contributed by atoms with Gasteiger partial charge in [-0.05, 0) is 89.4 Å². The molecular formula is C28H25BO2. The molecule has 4 aromatic carbocycles. The minimum atomic E-state index is -0.331. The van der Waals surface area contributed by atoms with E-state index in [-0.39, 0.29) is 18.3 Å². The maximum atomic E-state index is 6.21. The predicted molar refractivity (Wildman–Crippen MR) is 130 cm³/mol. The van der Waals surface area contributed by atoms with Crippen molar-refractivity contribution in [2.45, 2.75) is 38.9 Å². The summed E-state index contributed by atoms with van der Waals surface area (Å²) in [7, 11) is -0.331. The molecule has 0 aromatic heterocycles. The Bertz CT molecular complexity index is 1320. The molecule has 2 aliphatic rings. The van der Waals surface area contributed by atoms with E-state index < -0.39 is 0 Å². The van der Waals surface area contributed by atoms with E-state index in [2.05, 4.69) is 107 Å². The first kappa shape index (κ1) is 18.9. The van der Waals surface area contributed by atoms with Gasteiger partial charge in [-0.1, -0.05) is 66.7 Å². The number of hydrogen-bond acceptors (Lipinski definition) is 2. The van der Waals surface area contributed by atoms with Gasteiger partial charge in [0.15, 0.2) is 0 Å². The fourth-order valence-corrected chi connectivity index (χ4v) is 4.80. The number of fused-ring (bicyclic) bond motifs is 3. The van der Waals surface area contributed by atoms with E-state index in [9.17, 15) is 0 Å². The average Bonchev–Trinajstić information content (AvgIpc) is 3.20. The van der Waals surface area contributed by atoms with E-state index in [0.29, 0.717) is 0 Å². The average molecular weight is 404 g/mol. The van der Waals surface area contributed by atoms with Crippen LogP contribution in [0.3, 0.4) is 0 Å². The molecule has 0 radical (unpaired) electrons. The van der Waals surface area contributed by atoms with Gasteiger partial charge in [-0.25, -0.2) is 0 Å². The van der Waals surface area contributed by atoms with Crippen LogP contribution in [0.1, 0.15) is 27.7 Å². The van der Waals surface area contributed by atoms with Gasteiger partial charge in [0.25, 0.3) is 0 Å². The first-order valence-corrected chi connectivity index (χ1v) is 11.0. The summed E-state index contributed by atoms with van der Waals surface area (Å²) in [6.07, 6.45) is 0. The van der Waals surface area contributed by atoms with Crippen molar-refractivity contribution in [2.24, 2.45) is 0 Å². The monoisotopic (exact) mass is 404 g/mol. The van der Waals surface area contributed by atoms with Crippen LogP contribution in [-0.4, -0.2) is 18.3 Å². The van der Waals surface area contributed by atoms with Gasteiger partial charge in [0.2, 0.25) is 0 Å². The standard InChI is InChI=1S/C28H25BO2/c1-27(2)28(3,4)31-29(30-27)21-14-12-18(13-15-21)20-16-19-8-7-11-24-22-9-5-6-10-23(22)25(17-20)26(19)24/h5-17H,1-4H3. The Kier molecular flexibility index (Phi) is 3.84. The molecule has 0 spiro atoms. The lowest BCUT2D eigenvalue weighted by Gasteiger charge is -2.32. The molecule has 0 unspecified atom stereocenters. The van der Waals surface area contributed by atoms with Crippen LogP contribution in [0.2, 0.25) is 0 Å². The molecule has 31 heavy (non-hydrogen) atoms. The molecule has 0 N–H and O–H groups in total. The lowest BCUT2D eigenvalue weighted by molar-refractivity contribution is 0.00578. The van der Waals surface area contributed by atoms with Gasteiger partial charge in [-0.15, -0.1) is 0 Å². The van der Waals surface area contributed by atoms with Crippen LogP contribution in [0, 0.1) is 0 Å². The summed E-state index contributed by atoms with van der Waals surface area (Å²) in [5.41, 5.74) is 8.15. The Morgan fingerprint density at radius 1 is 0.581 bits per heavy atom. The predicted octanol–water partition coefficient (Wildman–Crippen LogP) is 6.45. The Morgan fingerprint density at radius 2 is 1.19 bits per heavy atom. The Hall–Kier alpha value is -2.88. The zero-order valence-electron chi connectivity index (χ0n) is 18.4. The van der Waals surface area contributed by atoms with Crippen molar-refractivity contribution >= 4 is 23.4 Å². The van der Waals surface area contributed by atoms with E-state index in [4.69, 9.17) is 9.31 Å². The first-order valence-electron chi connectivity index (χ1n) is 11.0. The fourth-order valence-electron chi connectivity index (χ4n) is 4.80. The van der Waals surface area contributed by atoms with E-state index in [1.165, 1.54) is 44.2 Å². The van der Waals surface area contributed by atoms with Crippen molar-refractivity contribution in [2.75, 3.05) is 0 Å². The normalized spacial score (nSPS) is 17.9. The lowest BCUT2D eigenvalue weighted by Crippen LogP contribution is -2.41. The molecule has 152 valence electrons. The molecule has 1 fully saturated rings. The molecule has 0 bridgehead atoms. The third-order valence-electron chi connectivity index (χ3n) is 7.25. The highest BCUT2D eigenvalue weighted by Gasteiger charge is 2.51. The second kappa shape index (κ2) is 6.32. The summed E-state index contributed by atoms with van der Waals surface area (Å²) in [4.78, 5) is 0. The topological polar surface area (TPSA) is 18.5 Å². The van der Waals surface area contributed by atoms with Gasteiger partial charge in [0, 0.05) is 0 Å².